The van der Waals surface area contributed by atoms with Crippen molar-refractivity contribution >= 4 is 21.4 Å². The number of rotatable bonds is 4. The molecule has 4 rings (SSSR count). The number of sulfonamides is 1. The Hall–Kier alpha value is -3.33. The fourth-order valence-electron chi connectivity index (χ4n) is 2.84. The molecule has 148 valence electrons. The first-order valence-electron chi connectivity index (χ1n) is 8.47. The SMILES string of the molecule is O=S(=O)(Nc1ccc(-c2cn3ccccc3n2)cc1)c1cccc(C(F)(F)F)c1. The predicted octanol–water partition coefficient (Wildman–Crippen LogP) is 4.82. The lowest BCUT2D eigenvalue weighted by atomic mass is 10.1. The van der Waals surface area contributed by atoms with Gasteiger partial charge in [-0.15, -0.1) is 0 Å². The third kappa shape index (κ3) is 3.95. The highest BCUT2D eigenvalue weighted by Gasteiger charge is 2.31. The molecule has 0 fully saturated rings. The lowest BCUT2D eigenvalue weighted by Gasteiger charge is -2.11. The van der Waals surface area contributed by atoms with Crippen LogP contribution < -0.4 is 4.72 Å². The Balaban J connectivity index is 1.58. The average Bonchev–Trinajstić information content (AvgIpc) is 3.12. The van der Waals surface area contributed by atoms with Crippen LogP contribution in [0.1, 0.15) is 5.56 Å². The van der Waals surface area contributed by atoms with Crippen molar-refractivity contribution in [1.82, 2.24) is 9.38 Å². The van der Waals surface area contributed by atoms with E-state index in [1.165, 1.54) is 12.1 Å². The molecule has 0 saturated carbocycles. The van der Waals surface area contributed by atoms with E-state index in [1.54, 1.807) is 12.1 Å². The average molecular weight is 417 g/mol. The standard InChI is InChI=1S/C20H14F3N3O2S/c21-20(22,23)15-4-3-5-17(12-15)29(27,28)25-16-9-7-14(8-10-16)18-13-26-11-2-1-6-19(26)24-18/h1-13,25H. The van der Waals surface area contributed by atoms with E-state index in [1.807, 2.05) is 35.0 Å². The van der Waals surface area contributed by atoms with Gasteiger partial charge in [0.1, 0.15) is 5.65 Å². The van der Waals surface area contributed by atoms with Crippen molar-refractivity contribution in [3.05, 3.63) is 84.7 Å². The Morgan fingerprint density at radius 3 is 2.38 bits per heavy atom. The number of nitrogens with one attached hydrogen (secondary N) is 1. The van der Waals surface area contributed by atoms with E-state index in [-0.39, 0.29) is 5.69 Å². The maximum absolute atomic E-state index is 12.8. The van der Waals surface area contributed by atoms with Crippen LogP contribution in [0.4, 0.5) is 18.9 Å². The highest BCUT2D eigenvalue weighted by Crippen LogP contribution is 2.31. The smallest absolute Gasteiger partial charge is 0.306 e. The van der Waals surface area contributed by atoms with Crippen LogP contribution in [-0.4, -0.2) is 17.8 Å². The van der Waals surface area contributed by atoms with Crippen molar-refractivity contribution in [3.8, 4) is 11.3 Å². The number of hydrogen-bond donors (Lipinski definition) is 1. The van der Waals surface area contributed by atoms with Gasteiger partial charge in [-0.1, -0.05) is 24.3 Å². The zero-order valence-electron chi connectivity index (χ0n) is 14.8. The van der Waals surface area contributed by atoms with Gasteiger partial charge in [-0.3, -0.25) is 4.72 Å². The first-order chi connectivity index (χ1) is 13.7. The minimum absolute atomic E-state index is 0.231. The van der Waals surface area contributed by atoms with E-state index in [4.69, 9.17) is 0 Å². The van der Waals surface area contributed by atoms with Crippen LogP contribution in [0.2, 0.25) is 0 Å². The summed E-state index contributed by atoms with van der Waals surface area (Å²) in [6, 6.07) is 15.7. The second kappa shape index (κ2) is 6.93. The molecular weight excluding hydrogens is 403 g/mol. The van der Waals surface area contributed by atoms with Gasteiger partial charge in [0.15, 0.2) is 0 Å². The summed E-state index contributed by atoms with van der Waals surface area (Å²) in [6.45, 7) is 0. The van der Waals surface area contributed by atoms with E-state index in [2.05, 4.69) is 9.71 Å². The number of aromatic nitrogens is 2. The van der Waals surface area contributed by atoms with E-state index < -0.39 is 26.7 Å². The second-order valence-corrected chi connectivity index (χ2v) is 7.98. The molecule has 0 aliphatic heterocycles. The summed E-state index contributed by atoms with van der Waals surface area (Å²) in [5.41, 5.74) is 1.47. The van der Waals surface area contributed by atoms with Crippen molar-refractivity contribution in [2.75, 3.05) is 4.72 Å². The van der Waals surface area contributed by atoms with Crippen molar-refractivity contribution < 1.29 is 21.6 Å². The van der Waals surface area contributed by atoms with Crippen LogP contribution >= 0.6 is 0 Å². The molecule has 2 heterocycles. The molecule has 0 spiro atoms. The lowest BCUT2D eigenvalue weighted by Crippen LogP contribution is -2.14. The van der Waals surface area contributed by atoms with Crippen LogP contribution in [0.3, 0.4) is 0 Å². The summed E-state index contributed by atoms with van der Waals surface area (Å²) < 4.78 is 67.6. The van der Waals surface area contributed by atoms with Gasteiger partial charge in [0.05, 0.1) is 16.2 Å². The molecule has 0 aliphatic rings. The molecule has 4 aromatic rings. The molecule has 0 aliphatic carbocycles. The normalized spacial score (nSPS) is 12.2. The molecule has 0 saturated heterocycles. The number of benzene rings is 2. The van der Waals surface area contributed by atoms with Gasteiger partial charge in [-0.05, 0) is 42.5 Å². The zero-order chi connectivity index (χ0) is 20.6. The number of alkyl halides is 3. The minimum Gasteiger partial charge on any atom is -0.306 e. The molecule has 5 nitrogen and oxygen atoms in total. The van der Waals surface area contributed by atoms with Gasteiger partial charge in [-0.2, -0.15) is 13.2 Å². The molecule has 0 unspecified atom stereocenters. The zero-order valence-corrected chi connectivity index (χ0v) is 15.6. The Labute approximate surface area is 164 Å². The number of hydrogen-bond acceptors (Lipinski definition) is 3. The van der Waals surface area contributed by atoms with Gasteiger partial charge in [-0.25, -0.2) is 13.4 Å². The van der Waals surface area contributed by atoms with Crippen molar-refractivity contribution in [2.45, 2.75) is 11.1 Å². The number of pyridine rings is 1. The van der Waals surface area contributed by atoms with Crippen molar-refractivity contribution in [1.29, 1.82) is 0 Å². The second-order valence-electron chi connectivity index (χ2n) is 6.30. The molecule has 0 radical (unpaired) electrons. The lowest BCUT2D eigenvalue weighted by molar-refractivity contribution is -0.137. The number of anilines is 1. The maximum atomic E-state index is 12.8. The maximum Gasteiger partial charge on any atom is 0.416 e. The topological polar surface area (TPSA) is 63.5 Å². The summed E-state index contributed by atoms with van der Waals surface area (Å²) in [5, 5.41) is 0. The summed E-state index contributed by atoms with van der Waals surface area (Å²) in [6.07, 6.45) is -0.915. The van der Waals surface area contributed by atoms with Crippen LogP contribution in [0, 0.1) is 0 Å². The summed E-state index contributed by atoms with van der Waals surface area (Å²) >= 11 is 0. The van der Waals surface area contributed by atoms with Crippen LogP contribution in [0.5, 0.6) is 0 Å². The van der Waals surface area contributed by atoms with Crippen molar-refractivity contribution in [2.24, 2.45) is 0 Å². The highest BCUT2D eigenvalue weighted by atomic mass is 32.2. The quantitative estimate of drug-likeness (QED) is 0.518. The monoisotopic (exact) mass is 417 g/mol. The van der Waals surface area contributed by atoms with E-state index in [9.17, 15) is 21.6 Å². The third-order valence-corrected chi connectivity index (χ3v) is 5.65. The van der Waals surface area contributed by atoms with E-state index >= 15 is 0 Å². The molecule has 0 amide bonds. The Bertz CT molecular complexity index is 1250. The fourth-order valence-corrected chi connectivity index (χ4v) is 3.94. The van der Waals surface area contributed by atoms with Crippen LogP contribution in [0.15, 0.2) is 84.0 Å². The molecular formula is C20H14F3N3O2S. The molecule has 29 heavy (non-hydrogen) atoms. The molecule has 0 atom stereocenters. The minimum atomic E-state index is -4.62. The van der Waals surface area contributed by atoms with Gasteiger partial charge < -0.3 is 4.40 Å². The van der Waals surface area contributed by atoms with Gasteiger partial charge in [0, 0.05) is 23.6 Å². The summed E-state index contributed by atoms with van der Waals surface area (Å²) in [7, 11) is -4.16. The van der Waals surface area contributed by atoms with Crippen molar-refractivity contribution in [3.63, 3.8) is 0 Å². The predicted molar refractivity (Wildman–Crippen MR) is 103 cm³/mol. The first kappa shape index (κ1) is 19.0. The summed E-state index contributed by atoms with van der Waals surface area (Å²) in [4.78, 5) is 4.02. The Kier molecular flexibility index (Phi) is 4.54. The fraction of sp³-hybridized carbons (Fsp3) is 0.0500. The molecule has 1 N–H and O–H groups in total. The van der Waals surface area contributed by atoms with Gasteiger partial charge in [0.2, 0.25) is 0 Å². The number of imidazole rings is 1. The van der Waals surface area contributed by atoms with Gasteiger partial charge in [0.25, 0.3) is 10.0 Å². The molecule has 9 heteroatoms. The highest BCUT2D eigenvalue weighted by molar-refractivity contribution is 7.92. The first-order valence-corrected chi connectivity index (χ1v) is 9.95. The third-order valence-electron chi connectivity index (χ3n) is 4.27. The molecule has 2 aromatic heterocycles. The number of halogens is 3. The molecule has 0 bridgehead atoms. The van der Waals surface area contributed by atoms with Crippen LogP contribution in [-0.2, 0) is 16.2 Å². The number of nitrogens with zero attached hydrogens (tertiary/aromatic N) is 2. The van der Waals surface area contributed by atoms with E-state index in [0.717, 1.165) is 29.4 Å². The van der Waals surface area contributed by atoms with E-state index in [0.29, 0.717) is 11.8 Å². The Morgan fingerprint density at radius 1 is 0.931 bits per heavy atom. The van der Waals surface area contributed by atoms with Gasteiger partial charge >= 0.3 is 6.18 Å². The summed E-state index contributed by atoms with van der Waals surface area (Å²) in [5.74, 6) is 0. The van der Waals surface area contributed by atoms with Crippen LogP contribution in [0.25, 0.3) is 16.9 Å². The molecule has 2 aromatic carbocycles. The Morgan fingerprint density at radius 2 is 1.69 bits per heavy atom. The largest absolute Gasteiger partial charge is 0.416 e. The number of fused-ring (bicyclic) bond motifs is 1.